The Hall–Kier alpha value is -0.970. The fourth-order valence-corrected chi connectivity index (χ4v) is 6.12. The van der Waals surface area contributed by atoms with Crippen LogP contribution in [0.15, 0.2) is 36.4 Å². The topological polar surface area (TPSA) is 120 Å². The minimum Gasteiger partial charge on any atom is -0.394 e. The molecule has 2 aromatic carbocycles. The van der Waals surface area contributed by atoms with Crippen LogP contribution >= 0.6 is 71.2 Å². The summed E-state index contributed by atoms with van der Waals surface area (Å²) in [6.07, 6.45) is 0. The number of thiocarbonyl (C=S) groups is 1. The largest absolute Gasteiger partial charge is 0.394 e. The Morgan fingerprint density at radius 3 is 2.06 bits per heavy atom. The Balaban J connectivity index is 1.78. The molecule has 0 aliphatic carbocycles. The van der Waals surface area contributed by atoms with Gasteiger partial charge in [-0.25, -0.2) is 4.72 Å². The third-order valence-electron chi connectivity index (χ3n) is 4.65. The fourth-order valence-electron chi connectivity index (χ4n) is 2.73. The lowest BCUT2D eigenvalue weighted by molar-refractivity contribution is -0.111. The Kier molecular flexibility index (Phi) is 15.2. The maximum Gasteiger partial charge on any atom is 0.251 e. The highest BCUT2D eigenvalue weighted by atomic mass is 33.1. The molecular formula is C22H28N4O4S6. The van der Waals surface area contributed by atoms with Crippen molar-refractivity contribution in [2.45, 2.75) is 12.1 Å². The molecule has 2 atom stereocenters. The van der Waals surface area contributed by atoms with Gasteiger partial charge in [0.15, 0.2) is 0 Å². The van der Waals surface area contributed by atoms with Crippen molar-refractivity contribution in [3.8, 4) is 0 Å². The molecule has 0 saturated heterocycles. The number of hydrogen-bond acceptors (Lipinski definition) is 11. The molecule has 2 aromatic rings. The van der Waals surface area contributed by atoms with E-state index in [9.17, 15) is 14.4 Å². The molecule has 0 aromatic heterocycles. The van der Waals surface area contributed by atoms with Crippen molar-refractivity contribution in [1.29, 1.82) is 0 Å². The predicted molar refractivity (Wildman–Crippen MR) is 164 cm³/mol. The average molecular weight is 605 g/mol. The van der Waals surface area contributed by atoms with E-state index in [0.717, 1.165) is 10.8 Å². The molecule has 0 bridgehead atoms. The van der Waals surface area contributed by atoms with Crippen LogP contribution in [0.25, 0.3) is 10.8 Å². The SMILES string of the molecule is O=C(NCCSN[C@@H](CS)C(=O)S)c1ccc2cc(C(=O)NCCSSN[C@@H](C=S)CO)ccc2c1. The van der Waals surface area contributed by atoms with Gasteiger partial charge in [0.1, 0.15) is 0 Å². The van der Waals surface area contributed by atoms with E-state index in [0.29, 0.717) is 41.5 Å². The normalized spacial score (nSPS) is 12.6. The number of fused-ring (bicyclic) bond motifs is 1. The maximum atomic E-state index is 12.5. The number of carbonyl (C=O) groups is 3. The van der Waals surface area contributed by atoms with Gasteiger partial charge in [0.2, 0.25) is 5.12 Å². The molecule has 0 aliphatic heterocycles. The highest BCUT2D eigenvalue weighted by molar-refractivity contribution is 8.76. The molecule has 0 unspecified atom stereocenters. The molecule has 5 N–H and O–H groups in total. The summed E-state index contributed by atoms with van der Waals surface area (Å²) in [6, 6.07) is 10.0. The molecule has 14 heteroatoms. The summed E-state index contributed by atoms with van der Waals surface area (Å²) in [6.45, 7) is 0.858. The van der Waals surface area contributed by atoms with Crippen molar-refractivity contribution in [3.05, 3.63) is 47.5 Å². The first-order valence-electron chi connectivity index (χ1n) is 10.8. The van der Waals surface area contributed by atoms with Crippen LogP contribution in [-0.2, 0) is 4.79 Å². The van der Waals surface area contributed by atoms with E-state index in [1.165, 1.54) is 39.1 Å². The van der Waals surface area contributed by atoms with Gasteiger partial charge in [-0.15, -0.1) is 12.6 Å². The Morgan fingerprint density at radius 1 is 0.972 bits per heavy atom. The first-order chi connectivity index (χ1) is 17.4. The molecule has 0 aliphatic rings. The third kappa shape index (κ3) is 10.8. The van der Waals surface area contributed by atoms with E-state index in [1.807, 2.05) is 12.1 Å². The second-order valence-electron chi connectivity index (χ2n) is 7.28. The van der Waals surface area contributed by atoms with Crippen LogP contribution in [0.4, 0.5) is 0 Å². The lowest BCUT2D eigenvalue weighted by atomic mass is 10.0. The van der Waals surface area contributed by atoms with E-state index in [1.54, 1.807) is 24.3 Å². The Labute approximate surface area is 239 Å². The first kappa shape index (κ1) is 31.2. The smallest absolute Gasteiger partial charge is 0.251 e. The zero-order valence-electron chi connectivity index (χ0n) is 19.1. The van der Waals surface area contributed by atoms with Gasteiger partial charge in [-0.1, -0.05) is 47.1 Å². The number of hydrogen-bond donors (Lipinski definition) is 7. The molecular weight excluding hydrogens is 577 g/mol. The lowest BCUT2D eigenvalue weighted by Crippen LogP contribution is -2.33. The van der Waals surface area contributed by atoms with Crippen molar-refractivity contribution in [2.75, 3.05) is 37.0 Å². The summed E-state index contributed by atoms with van der Waals surface area (Å²) in [5, 5.41) is 17.7. The standard InChI is InChI=1S/C22H28N4O4S6/c27-11-18(12-31)25-36-35-8-6-24-21(29)17-4-2-14-9-16(3-1-15(14)10-17)20(28)23-5-7-34-26-19(13-32)22(30)33/h1-4,9-10,12,18-19,25-27,32H,5-8,11,13H2,(H,23,28)(H,24,29)(H,30,33)/t18-,19+/m1/s1. The van der Waals surface area contributed by atoms with E-state index >= 15 is 0 Å². The summed E-state index contributed by atoms with van der Waals surface area (Å²) in [5.41, 5.74) is 1.07. The van der Waals surface area contributed by atoms with Gasteiger partial charge in [0, 0.05) is 41.5 Å². The van der Waals surface area contributed by atoms with Crippen molar-refractivity contribution in [1.82, 2.24) is 20.1 Å². The second kappa shape index (κ2) is 17.5. The van der Waals surface area contributed by atoms with Gasteiger partial charge >= 0.3 is 0 Å². The molecule has 196 valence electrons. The first-order valence-corrected chi connectivity index (χ1v) is 15.7. The van der Waals surface area contributed by atoms with Crippen molar-refractivity contribution in [2.24, 2.45) is 0 Å². The molecule has 0 heterocycles. The number of thiol groups is 2. The number of nitrogens with one attached hydrogen (secondary N) is 4. The van der Waals surface area contributed by atoms with Gasteiger partial charge < -0.3 is 15.7 Å². The molecule has 8 nitrogen and oxygen atoms in total. The second-order valence-corrected chi connectivity index (χ2v) is 11.5. The van der Waals surface area contributed by atoms with E-state index in [2.05, 4.69) is 45.3 Å². The van der Waals surface area contributed by atoms with Crippen LogP contribution in [0.3, 0.4) is 0 Å². The quantitative estimate of drug-likeness (QED) is 0.0477. The van der Waals surface area contributed by atoms with Gasteiger partial charge in [0.25, 0.3) is 11.8 Å². The third-order valence-corrected chi connectivity index (χ3v) is 8.55. The monoisotopic (exact) mass is 604 g/mol. The number of amides is 2. The van der Waals surface area contributed by atoms with Gasteiger partial charge in [-0.3, -0.25) is 19.1 Å². The van der Waals surface area contributed by atoms with Crippen LogP contribution in [0.1, 0.15) is 20.7 Å². The highest BCUT2D eigenvalue weighted by Gasteiger charge is 2.13. The number of aliphatic hydroxyl groups excluding tert-OH is 1. The van der Waals surface area contributed by atoms with Crippen molar-refractivity contribution in [3.63, 3.8) is 0 Å². The van der Waals surface area contributed by atoms with Gasteiger partial charge in [-0.05, 0) is 51.4 Å². The lowest BCUT2D eigenvalue weighted by Gasteiger charge is -2.12. The number of rotatable bonds is 17. The van der Waals surface area contributed by atoms with Crippen LogP contribution in [0.2, 0.25) is 0 Å². The zero-order chi connectivity index (χ0) is 26.3. The Morgan fingerprint density at radius 2 is 1.56 bits per heavy atom. The predicted octanol–water partition coefficient (Wildman–Crippen LogP) is 2.54. The van der Waals surface area contributed by atoms with Crippen molar-refractivity contribution >= 4 is 104 Å². The van der Waals surface area contributed by atoms with Crippen molar-refractivity contribution < 1.29 is 19.5 Å². The minimum atomic E-state index is -0.438. The molecule has 0 saturated carbocycles. The molecule has 0 radical (unpaired) electrons. The summed E-state index contributed by atoms with van der Waals surface area (Å²) >= 11 is 14.0. The number of carbonyl (C=O) groups excluding carboxylic acids is 3. The molecule has 36 heavy (non-hydrogen) atoms. The molecule has 2 rings (SSSR count). The van der Waals surface area contributed by atoms with E-state index < -0.39 is 6.04 Å². The summed E-state index contributed by atoms with van der Waals surface area (Å²) in [7, 11) is 2.90. The average Bonchev–Trinajstić information content (AvgIpc) is 2.89. The van der Waals surface area contributed by atoms with E-state index in [4.69, 9.17) is 17.3 Å². The van der Waals surface area contributed by atoms with Crippen LogP contribution < -0.4 is 20.1 Å². The molecule has 0 spiro atoms. The summed E-state index contributed by atoms with van der Waals surface area (Å²) in [4.78, 5) is 36.2. The van der Waals surface area contributed by atoms with Crippen LogP contribution in [0.5, 0.6) is 0 Å². The van der Waals surface area contributed by atoms with E-state index in [-0.39, 0.29) is 29.6 Å². The highest BCUT2D eigenvalue weighted by Crippen LogP contribution is 2.19. The number of benzene rings is 2. The fraction of sp³-hybridized carbons (Fsp3) is 0.364. The van der Waals surface area contributed by atoms with Crippen LogP contribution in [-0.4, -0.2) is 76.4 Å². The summed E-state index contributed by atoms with van der Waals surface area (Å²) in [5.74, 6) is 1.24. The van der Waals surface area contributed by atoms with Gasteiger partial charge in [0.05, 0.1) is 18.7 Å². The maximum absolute atomic E-state index is 12.5. The zero-order valence-corrected chi connectivity index (χ0v) is 24.2. The van der Waals surface area contributed by atoms with Gasteiger partial charge in [-0.2, -0.15) is 12.6 Å². The van der Waals surface area contributed by atoms with Crippen LogP contribution in [0, 0.1) is 0 Å². The molecule has 2 amide bonds. The Bertz CT molecular complexity index is 1040. The minimum absolute atomic E-state index is 0.0584. The molecule has 0 fully saturated rings. The summed E-state index contributed by atoms with van der Waals surface area (Å²) < 4.78 is 5.97. The number of aliphatic hydroxyl groups is 1.